The molecule has 9 rings (SSSR count). The number of hydrogen-bond acceptors (Lipinski definition) is 26. The number of aliphatic carboxylic acids is 1. The summed E-state index contributed by atoms with van der Waals surface area (Å²) in [7, 11) is -12.2. The highest BCUT2D eigenvalue weighted by molar-refractivity contribution is 7.86. The number of nitrogens with zero attached hydrogens (tertiary/aromatic N) is 12. The predicted octanol–water partition coefficient (Wildman–Crippen LogP) is 17.4. The highest BCUT2D eigenvalue weighted by Crippen LogP contribution is 2.43. The largest absolute Gasteiger partial charge is 0.494 e. The summed E-state index contributed by atoms with van der Waals surface area (Å²) in [6.07, 6.45) is 0.362. The van der Waals surface area contributed by atoms with Crippen LogP contribution in [-0.4, -0.2) is 101 Å². The Morgan fingerprint density at radius 1 is 0.528 bits per heavy atom. The lowest BCUT2D eigenvalue weighted by atomic mass is 10.1. The Bertz CT molecular complexity index is 5470. The van der Waals surface area contributed by atoms with E-state index in [2.05, 4.69) is 76.9 Å². The molecule has 0 saturated carbocycles. The molecule has 106 heavy (non-hydrogen) atoms. The number of rotatable bonds is 23. The first-order chi connectivity index (χ1) is 49.8. The molecule has 41 heteroatoms. The second-order valence-electron chi connectivity index (χ2n) is 21.6. The van der Waals surface area contributed by atoms with Crippen molar-refractivity contribution in [2.24, 2.45) is 30.7 Å². The smallest absolute Gasteiger partial charge is 0.328 e. The number of carboxylic acid groups (broad SMARTS) is 1. The molecule has 9 aromatic rings. The molecular weight excluding hydrogens is 1540 g/mol. The molecule has 0 atom stereocenters. The molecule has 3 aromatic heterocycles. The maximum Gasteiger partial charge on any atom is 0.328 e. The Hall–Kier alpha value is -10.9. The third-order valence-electron chi connectivity index (χ3n) is 13.7. The van der Waals surface area contributed by atoms with E-state index in [-0.39, 0.29) is 94.6 Å². The lowest BCUT2D eigenvalue weighted by Gasteiger charge is -2.16. The van der Waals surface area contributed by atoms with E-state index < -0.39 is 75.8 Å². The van der Waals surface area contributed by atoms with Gasteiger partial charge in [0.25, 0.3) is 30.4 Å². The van der Waals surface area contributed by atoms with Crippen LogP contribution in [0.15, 0.2) is 155 Å². The number of carboxylic acids is 1. The van der Waals surface area contributed by atoms with Crippen molar-refractivity contribution in [1.82, 2.24) is 24.9 Å². The van der Waals surface area contributed by atoms with Crippen molar-refractivity contribution in [3.8, 4) is 23.3 Å². The average molecular weight is 1600 g/mol. The van der Waals surface area contributed by atoms with E-state index in [9.17, 15) is 66.9 Å². The summed E-state index contributed by atoms with van der Waals surface area (Å²) >= 11 is 23.9. The predicted molar refractivity (Wildman–Crippen MR) is 386 cm³/mol. The molecule has 3 heterocycles. The summed E-state index contributed by atoms with van der Waals surface area (Å²) in [5, 5.41) is 52.6. The highest BCUT2D eigenvalue weighted by atomic mass is 35.5. The number of hydrogen-bond donors (Lipinski definition) is 8. The molecule has 8 N–H and O–H groups in total. The van der Waals surface area contributed by atoms with E-state index in [1.165, 1.54) is 61.7 Å². The maximum atomic E-state index is 14.0. The SMILES string of the molecule is CCOc1cc(N=Nc2ccc(C)cc2S(=O)(=O)O)c(C)cc1Nc1nc(Cl)nc(Cl)c1C#N.CCOc1cc(N=Nc2ccc(C)cc2S(=O)(=O)O)c(NC(=O)/C=C/C(=O)O)cc1Nc1nc(F)cc(F)c1Cl.COc1cc(N=Nc2ccc(C)cc2S(=O)(=O)O)c(C)cc1Nc1nc(F)nc(C)c1Cl. The number of benzene rings is 6. The van der Waals surface area contributed by atoms with E-state index in [0.717, 1.165) is 0 Å². The molecule has 0 radical (unpaired) electrons. The number of aryl methyl sites for hydroxylation is 6. The number of carbonyl (C=O) groups is 2. The number of carbonyl (C=O) groups excluding carboxylic acids is 1. The second kappa shape index (κ2) is 35.7. The standard InChI is InChI=1S/C24H20ClF2N5O7S.C21H18Cl2N6O4S.C20H19ClFN5O4S/c1-3-39-18-11-16(32-31-14-5-4-12(2)8-19(14)40(36,37)38)15(28-21(33)6-7-22(34)35)10-17(18)29-24-23(25)13(26)9-20(27)30-24;1-4-33-17-9-15(29-28-14-6-5-11(2)7-18(14)34(30,31)32)12(3)8-16(17)25-20-13(10-24)19(22)26-21(23)27-20;1-10-5-6-13(17(7-10)32(28,29)30)26-27-14-9-16(31-4)15(8-11(14)2)24-19-18(21)12(3)23-20(22)25-19/h4-11H,3H2,1-2H3,(H,28,33)(H,29,30)(H,34,35)(H,36,37,38);5-9H,4H2,1-3H3,(H,25,26,27)(H,30,31,32);5-9H,1-4H3,(H,23,24,25)(H,28,29,30)/b7-6+,32-31?;;. The first-order valence-corrected chi connectivity index (χ1v) is 35.8. The number of nitrogens with one attached hydrogen (secondary N) is 4. The zero-order chi connectivity index (χ0) is 78.3. The molecule has 0 unspecified atom stereocenters. The zero-order valence-corrected chi connectivity index (χ0v) is 61.8. The van der Waals surface area contributed by atoms with Crippen LogP contribution in [0.2, 0.25) is 20.5 Å². The van der Waals surface area contributed by atoms with E-state index >= 15 is 0 Å². The van der Waals surface area contributed by atoms with Gasteiger partial charge in [0, 0.05) is 36.4 Å². The summed E-state index contributed by atoms with van der Waals surface area (Å²) in [5.41, 5.74) is 4.51. The van der Waals surface area contributed by atoms with Crippen molar-refractivity contribution >= 4 is 163 Å². The summed E-state index contributed by atoms with van der Waals surface area (Å²) in [6, 6.07) is 24.1. The van der Waals surface area contributed by atoms with Gasteiger partial charge in [0.15, 0.2) is 22.6 Å². The third kappa shape index (κ3) is 22.3. The summed E-state index contributed by atoms with van der Waals surface area (Å²) < 4.78 is 157. The minimum Gasteiger partial charge on any atom is -0.494 e. The molecule has 0 aliphatic rings. The molecule has 1 amide bonds. The lowest BCUT2D eigenvalue weighted by molar-refractivity contribution is -0.131. The molecule has 0 aliphatic heterocycles. The van der Waals surface area contributed by atoms with Crippen LogP contribution < -0.4 is 35.5 Å². The zero-order valence-electron chi connectivity index (χ0n) is 56.3. The van der Waals surface area contributed by atoms with Crippen LogP contribution in [0.3, 0.4) is 0 Å². The Kier molecular flexibility index (Phi) is 27.7. The molecule has 0 bridgehead atoms. The van der Waals surface area contributed by atoms with Crippen LogP contribution in [0.25, 0.3) is 0 Å². The van der Waals surface area contributed by atoms with Gasteiger partial charge in [-0.15, -0.1) is 20.5 Å². The van der Waals surface area contributed by atoms with Crippen molar-refractivity contribution < 1.29 is 81.0 Å². The number of pyridine rings is 1. The van der Waals surface area contributed by atoms with Crippen LogP contribution in [0.5, 0.6) is 17.2 Å². The first kappa shape index (κ1) is 82.4. The Balaban J connectivity index is 0.000000223. The fourth-order valence-corrected chi connectivity index (χ4v) is 11.7. The number of methoxy groups -OCH3 is 1. The van der Waals surface area contributed by atoms with E-state index in [1.54, 1.807) is 91.8 Å². The average Bonchev–Trinajstić information content (AvgIpc) is 0.817. The van der Waals surface area contributed by atoms with Gasteiger partial charge in [-0.1, -0.05) is 53.0 Å². The normalized spacial score (nSPS) is 11.6. The van der Waals surface area contributed by atoms with Gasteiger partial charge in [0.2, 0.25) is 17.1 Å². The molecule has 554 valence electrons. The number of aromatic nitrogens is 5. The van der Waals surface area contributed by atoms with Gasteiger partial charge < -0.3 is 40.6 Å². The molecular formula is C65H57Cl4F3N16O15S3. The minimum absolute atomic E-state index is 0.00618. The molecule has 0 aliphatic carbocycles. The molecule has 6 aromatic carbocycles. The minimum atomic E-state index is -4.68. The van der Waals surface area contributed by atoms with Gasteiger partial charge in [-0.25, -0.2) is 24.1 Å². The second-order valence-corrected chi connectivity index (χ2v) is 27.3. The fourth-order valence-electron chi connectivity index (χ4n) is 8.85. The van der Waals surface area contributed by atoms with E-state index in [1.807, 2.05) is 6.07 Å². The maximum absolute atomic E-state index is 14.0. The molecule has 31 nitrogen and oxygen atoms in total. The van der Waals surface area contributed by atoms with Crippen molar-refractivity contribution in [1.29, 1.82) is 5.26 Å². The highest BCUT2D eigenvalue weighted by Gasteiger charge is 2.23. The summed E-state index contributed by atoms with van der Waals surface area (Å²) in [6.45, 7) is 13.9. The van der Waals surface area contributed by atoms with Crippen LogP contribution >= 0.6 is 46.4 Å². The molecule has 0 fully saturated rings. The van der Waals surface area contributed by atoms with Crippen molar-refractivity contribution in [2.45, 2.75) is 70.1 Å². The van der Waals surface area contributed by atoms with Crippen LogP contribution in [0, 0.1) is 70.7 Å². The van der Waals surface area contributed by atoms with Gasteiger partial charge in [0.1, 0.15) is 82.2 Å². The van der Waals surface area contributed by atoms with Gasteiger partial charge in [-0.2, -0.15) is 59.5 Å². The molecule has 0 spiro atoms. The lowest BCUT2D eigenvalue weighted by Crippen LogP contribution is -2.10. The monoisotopic (exact) mass is 1590 g/mol. The van der Waals surface area contributed by atoms with Crippen LogP contribution in [0.4, 0.5) is 87.5 Å². The topological polar surface area (TPSA) is 456 Å². The quantitative estimate of drug-likeness (QED) is 0.00736. The van der Waals surface area contributed by atoms with Gasteiger partial charge in [0.05, 0.1) is 60.1 Å². The van der Waals surface area contributed by atoms with Crippen molar-refractivity contribution in [3.63, 3.8) is 0 Å². The Morgan fingerprint density at radius 2 is 0.953 bits per heavy atom. The third-order valence-corrected chi connectivity index (χ3v) is 17.6. The number of nitriles is 1. The van der Waals surface area contributed by atoms with Gasteiger partial charge in [-0.05, 0) is 149 Å². The number of azo groups is 3. The van der Waals surface area contributed by atoms with E-state index in [4.69, 9.17) is 65.7 Å². The van der Waals surface area contributed by atoms with Crippen LogP contribution in [0.1, 0.15) is 52.9 Å². The molecule has 0 saturated heterocycles. The number of amides is 1. The number of halogens is 7. The fraction of sp³-hybridized carbons (Fsp3) is 0.169. The van der Waals surface area contributed by atoms with E-state index in [0.29, 0.717) is 86.9 Å². The van der Waals surface area contributed by atoms with Gasteiger partial charge >= 0.3 is 12.0 Å². The Labute approximate surface area is 622 Å². The number of anilines is 7. The number of ether oxygens (including phenoxy) is 3. The first-order valence-electron chi connectivity index (χ1n) is 29.9. The summed E-state index contributed by atoms with van der Waals surface area (Å²) in [4.78, 5) is 40.5. The summed E-state index contributed by atoms with van der Waals surface area (Å²) in [5.74, 6) is -4.11. The van der Waals surface area contributed by atoms with Crippen molar-refractivity contribution in [2.75, 3.05) is 41.6 Å². The van der Waals surface area contributed by atoms with Crippen molar-refractivity contribution in [3.05, 3.63) is 187 Å². The Morgan fingerprint density at radius 3 is 1.41 bits per heavy atom. The van der Waals surface area contributed by atoms with Crippen LogP contribution in [-0.2, 0) is 39.9 Å². The van der Waals surface area contributed by atoms with Gasteiger partial charge in [-0.3, -0.25) is 18.5 Å².